The van der Waals surface area contributed by atoms with Crippen molar-refractivity contribution in [1.29, 1.82) is 0 Å². The van der Waals surface area contributed by atoms with Crippen LogP contribution >= 0.6 is 24.0 Å². The second-order valence-corrected chi connectivity index (χ2v) is 8.28. The molecule has 4 rings (SSSR count). The first-order valence-corrected chi connectivity index (χ1v) is 11.2. The molecule has 33 heavy (non-hydrogen) atoms. The van der Waals surface area contributed by atoms with E-state index in [1.54, 1.807) is 11.9 Å². The Hall–Kier alpha value is -1.98. The molecule has 0 spiro atoms. The van der Waals surface area contributed by atoms with E-state index in [9.17, 15) is 8.78 Å². The summed E-state index contributed by atoms with van der Waals surface area (Å²) in [4.78, 5) is 8.48. The molecule has 2 N–H and O–H groups in total. The summed E-state index contributed by atoms with van der Waals surface area (Å²) in [5, 5.41) is 6.74. The summed E-state index contributed by atoms with van der Waals surface area (Å²) in [5.41, 5.74) is 2.52. The number of anilines is 1. The zero-order valence-corrected chi connectivity index (χ0v) is 21.2. The van der Waals surface area contributed by atoms with Crippen molar-refractivity contribution < 1.29 is 13.5 Å². The van der Waals surface area contributed by atoms with Crippen LogP contribution in [-0.4, -0.2) is 63.3 Å². The third-order valence-corrected chi connectivity index (χ3v) is 5.97. The highest BCUT2D eigenvalue weighted by Crippen LogP contribution is 2.26. The molecule has 2 fully saturated rings. The molecule has 0 aliphatic carbocycles. The van der Waals surface area contributed by atoms with Crippen LogP contribution in [0.25, 0.3) is 0 Å². The van der Waals surface area contributed by atoms with Crippen LogP contribution in [0.15, 0.2) is 47.5 Å². The largest absolute Gasteiger partial charge is 0.379 e. The molecule has 2 heterocycles. The van der Waals surface area contributed by atoms with Gasteiger partial charge in [-0.25, -0.2) is 8.78 Å². The number of nitrogens with one attached hydrogen (secondary N) is 2. The Labute approximate surface area is 211 Å². The average molecular weight is 571 g/mol. The first-order chi connectivity index (χ1) is 15.6. The molecule has 2 saturated heterocycles. The van der Waals surface area contributed by atoms with Crippen LogP contribution in [0.4, 0.5) is 14.5 Å². The third kappa shape index (κ3) is 7.00. The summed E-state index contributed by atoms with van der Waals surface area (Å²) in [6.07, 6.45) is 0.781. The van der Waals surface area contributed by atoms with Crippen LogP contribution in [0.1, 0.15) is 17.5 Å². The van der Waals surface area contributed by atoms with Gasteiger partial charge in [-0.15, -0.1) is 24.0 Å². The minimum Gasteiger partial charge on any atom is -0.379 e. The van der Waals surface area contributed by atoms with Gasteiger partial charge in [-0.05, 0) is 29.7 Å². The molecule has 2 aromatic rings. The first-order valence-electron chi connectivity index (χ1n) is 11.2. The predicted molar refractivity (Wildman–Crippen MR) is 138 cm³/mol. The lowest BCUT2D eigenvalue weighted by molar-refractivity contribution is 0.0342. The van der Waals surface area contributed by atoms with Gasteiger partial charge in [0.25, 0.3) is 0 Å². The van der Waals surface area contributed by atoms with Crippen LogP contribution < -0.4 is 15.5 Å². The van der Waals surface area contributed by atoms with Crippen LogP contribution in [-0.2, 0) is 17.8 Å². The highest BCUT2D eigenvalue weighted by Gasteiger charge is 2.27. The number of rotatable bonds is 6. The van der Waals surface area contributed by atoms with Crippen molar-refractivity contribution in [3.8, 4) is 0 Å². The topological polar surface area (TPSA) is 52.1 Å². The zero-order valence-electron chi connectivity index (χ0n) is 18.9. The van der Waals surface area contributed by atoms with E-state index in [4.69, 9.17) is 4.74 Å². The zero-order chi connectivity index (χ0) is 22.3. The molecule has 0 aromatic heterocycles. The van der Waals surface area contributed by atoms with Crippen molar-refractivity contribution in [2.45, 2.75) is 25.6 Å². The van der Waals surface area contributed by atoms with Gasteiger partial charge in [0.15, 0.2) is 5.96 Å². The van der Waals surface area contributed by atoms with Gasteiger partial charge >= 0.3 is 0 Å². The monoisotopic (exact) mass is 571 g/mol. The molecule has 2 aromatic carbocycles. The summed E-state index contributed by atoms with van der Waals surface area (Å²) >= 11 is 0. The van der Waals surface area contributed by atoms with E-state index in [1.165, 1.54) is 29.3 Å². The van der Waals surface area contributed by atoms with Gasteiger partial charge in [-0.1, -0.05) is 30.3 Å². The van der Waals surface area contributed by atoms with E-state index >= 15 is 0 Å². The highest BCUT2D eigenvalue weighted by atomic mass is 127. The number of aliphatic imine (C=N–C) groups is 1. The molecule has 9 heteroatoms. The Balaban J connectivity index is 0.00000306. The van der Waals surface area contributed by atoms with Crippen molar-refractivity contribution in [3.63, 3.8) is 0 Å². The van der Waals surface area contributed by atoms with Crippen LogP contribution in [0, 0.1) is 11.6 Å². The van der Waals surface area contributed by atoms with E-state index in [2.05, 4.69) is 44.8 Å². The summed E-state index contributed by atoms with van der Waals surface area (Å²) < 4.78 is 33.6. The van der Waals surface area contributed by atoms with E-state index in [1.807, 2.05) is 0 Å². The number of benzene rings is 2. The molecule has 6 nitrogen and oxygen atoms in total. The van der Waals surface area contributed by atoms with Crippen LogP contribution in [0.3, 0.4) is 0 Å². The highest BCUT2D eigenvalue weighted by molar-refractivity contribution is 14.0. The molecule has 180 valence electrons. The van der Waals surface area contributed by atoms with Crippen molar-refractivity contribution in [1.82, 2.24) is 15.5 Å². The quantitative estimate of drug-likeness (QED) is 0.317. The smallest absolute Gasteiger partial charge is 0.191 e. The number of hydrogen-bond donors (Lipinski definition) is 2. The lowest BCUT2D eigenvalue weighted by Crippen LogP contribution is -2.44. The number of morpholine rings is 1. The Morgan fingerprint density at radius 2 is 1.76 bits per heavy atom. The summed E-state index contributed by atoms with van der Waals surface area (Å²) in [5.74, 6) is -0.361. The molecular formula is C24H32F2IN5O. The van der Waals surface area contributed by atoms with Gasteiger partial charge in [0.05, 0.1) is 13.2 Å². The van der Waals surface area contributed by atoms with Crippen molar-refractivity contribution >= 4 is 35.6 Å². The number of ether oxygens (including phenoxy) is 1. The normalized spacial score (nSPS) is 19.3. The second kappa shape index (κ2) is 12.5. The maximum atomic E-state index is 14.1. The number of hydrogen-bond acceptors (Lipinski definition) is 4. The van der Waals surface area contributed by atoms with Crippen molar-refractivity contribution in [2.75, 3.05) is 51.3 Å². The molecule has 1 unspecified atom stereocenters. The van der Waals surface area contributed by atoms with Gasteiger partial charge < -0.3 is 20.3 Å². The fourth-order valence-corrected chi connectivity index (χ4v) is 4.30. The Kier molecular flexibility index (Phi) is 9.69. The molecule has 0 amide bonds. The maximum absolute atomic E-state index is 14.1. The number of para-hydroxylation sites is 1. The minimum atomic E-state index is -0.523. The van der Waals surface area contributed by atoms with E-state index < -0.39 is 11.6 Å². The van der Waals surface area contributed by atoms with E-state index in [0.29, 0.717) is 25.6 Å². The standard InChI is InChI=1S/C24H31F2N5O.HI/c1-27-24(29-20-8-9-31(17-20)23-21(25)6-3-7-22(23)26)28-15-18-4-2-5-19(14-18)16-30-10-12-32-13-11-30;/h2-7,14,20H,8-13,15-17H2,1H3,(H2,27,28,29);1H. The van der Waals surface area contributed by atoms with Gasteiger partial charge in [0, 0.05) is 52.4 Å². The third-order valence-electron chi connectivity index (χ3n) is 5.97. The Morgan fingerprint density at radius 3 is 2.48 bits per heavy atom. The molecule has 0 saturated carbocycles. The summed E-state index contributed by atoms with van der Waals surface area (Å²) in [6.45, 7) is 6.21. The number of nitrogens with zero attached hydrogens (tertiary/aromatic N) is 3. The van der Waals surface area contributed by atoms with Gasteiger partial charge in [0.1, 0.15) is 17.3 Å². The van der Waals surface area contributed by atoms with Crippen LogP contribution in [0.5, 0.6) is 0 Å². The van der Waals surface area contributed by atoms with Gasteiger partial charge in [-0.3, -0.25) is 9.89 Å². The Bertz CT molecular complexity index is 919. The molecule has 2 aliphatic heterocycles. The predicted octanol–water partition coefficient (Wildman–Crippen LogP) is 3.36. The molecular weight excluding hydrogens is 539 g/mol. The lowest BCUT2D eigenvalue weighted by Gasteiger charge is -2.26. The second-order valence-electron chi connectivity index (χ2n) is 8.28. The lowest BCUT2D eigenvalue weighted by atomic mass is 10.1. The number of halogens is 3. The molecule has 0 bridgehead atoms. The van der Waals surface area contributed by atoms with Gasteiger partial charge in [0.2, 0.25) is 0 Å². The van der Waals surface area contributed by atoms with E-state index in [-0.39, 0.29) is 35.7 Å². The average Bonchev–Trinajstić information content (AvgIpc) is 3.25. The maximum Gasteiger partial charge on any atom is 0.191 e. The van der Waals surface area contributed by atoms with Crippen molar-refractivity contribution in [2.24, 2.45) is 4.99 Å². The summed E-state index contributed by atoms with van der Waals surface area (Å²) in [6, 6.07) is 12.6. The van der Waals surface area contributed by atoms with Crippen LogP contribution in [0.2, 0.25) is 0 Å². The van der Waals surface area contributed by atoms with Crippen molar-refractivity contribution in [3.05, 3.63) is 65.2 Å². The SMILES string of the molecule is CN=C(NCc1cccc(CN2CCOCC2)c1)NC1CCN(c2c(F)cccc2F)C1.I. The molecule has 0 radical (unpaired) electrons. The first kappa shape index (κ1) is 25.6. The summed E-state index contributed by atoms with van der Waals surface area (Å²) in [7, 11) is 1.73. The number of guanidine groups is 1. The Morgan fingerprint density at radius 1 is 1.06 bits per heavy atom. The fourth-order valence-electron chi connectivity index (χ4n) is 4.30. The van der Waals surface area contributed by atoms with E-state index in [0.717, 1.165) is 39.3 Å². The minimum absolute atomic E-state index is 0. The fraction of sp³-hybridized carbons (Fsp3) is 0.458. The van der Waals surface area contributed by atoms with Gasteiger partial charge in [-0.2, -0.15) is 0 Å². The molecule has 1 atom stereocenters. The molecule has 2 aliphatic rings.